The number of anilines is 1. The van der Waals surface area contributed by atoms with Gasteiger partial charge in [0.15, 0.2) is 0 Å². The maximum absolute atomic E-state index is 10.6. The van der Waals surface area contributed by atoms with Crippen molar-refractivity contribution in [1.29, 1.82) is 5.26 Å². The van der Waals surface area contributed by atoms with Gasteiger partial charge in [-0.3, -0.25) is 4.68 Å². The van der Waals surface area contributed by atoms with Gasteiger partial charge in [-0.2, -0.15) is 28.6 Å². The average molecular weight is 513 g/mol. The van der Waals surface area contributed by atoms with Gasteiger partial charge in [-0.15, -0.1) is 0 Å². The highest BCUT2D eigenvalue weighted by Crippen LogP contribution is 2.29. The highest BCUT2D eigenvalue weighted by atomic mass is 19.4. The number of aryl methyl sites for hydroxylation is 1. The highest BCUT2D eigenvalue weighted by Gasteiger charge is 2.38. The van der Waals surface area contributed by atoms with Crippen molar-refractivity contribution in [2.45, 2.75) is 25.1 Å². The SMILES string of the molecule is Cn1cc(-c2cn3ncc(C#N)c3c(-c3ccc(N4CCC[C@H](N)C4)nc3)n2)cn1.O=C(O)C(F)(F)F. The molecule has 0 amide bonds. The Morgan fingerprint density at radius 2 is 1.95 bits per heavy atom. The molecular weight excluding hydrogens is 491 g/mol. The lowest BCUT2D eigenvalue weighted by molar-refractivity contribution is -0.192. The average Bonchev–Trinajstić information content (AvgIpc) is 3.49. The Balaban J connectivity index is 0.000000405. The zero-order valence-electron chi connectivity index (χ0n) is 19.6. The summed E-state index contributed by atoms with van der Waals surface area (Å²) in [5.41, 5.74) is 10.3. The molecule has 4 aromatic heterocycles. The van der Waals surface area contributed by atoms with Crippen molar-refractivity contribution in [3.05, 3.63) is 48.7 Å². The van der Waals surface area contributed by atoms with E-state index in [0.29, 0.717) is 16.8 Å². The summed E-state index contributed by atoms with van der Waals surface area (Å²) in [6.07, 6.45) is 5.87. The maximum Gasteiger partial charge on any atom is 0.490 e. The van der Waals surface area contributed by atoms with E-state index in [9.17, 15) is 18.4 Å². The lowest BCUT2D eigenvalue weighted by Gasteiger charge is -2.31. The maximum atomic E-state index is 10.6. The Morgan fingerprint density at radius 1 is 1.19 bits per heavy atom. The lowest BCUT2D eigenvalue weighted by atomic mass is 10.1. The number of carbonyl (C=O) groups is 1. The number of piperidine rings is 1. The zero-order valence-corrected chi connectivity index (χ0v) is 19.6. The van der Waals surface area contributed by atoms with E-state index in [-0.39, 0.29) is 6.04 Å². The molecule has 0 aliphatic carbocycles. The fourth-order valence-electron chi connectivity index (χ4n) is 3.92. The molecule has 0 bridgehead atoms. The first kappa shape index (κ1) is 25.6. The van der Waals surface area contributed by atoms with Gasteiger partial charge in [-0.05, 0) is 25.0 Å². The molecule has 4 aromatic rings. The lowest BCUT2D eigenvalue weighted by Crippen LogP contribution is -2.43. The number of halogens is 3. The third-order valence-corrected chi connectivity index (χ3v) is 5.66. The van der Waals surface area contributed by atoms with Crippen LogP contribution in [0.2, 0.25) is 0 Å². The van der Waals surface area contributed by atoms with Gasteiger partial charge in [0, 0.05) is 49.7 Å². The Bertz CT molecular complexity index is 1460. The Hall–Kier alpha value is -4.51. The molecule has 192 valence electrons. The number of alkyl halides is 3. The van der Waals surface area contributed by atoms with Crippen LogP contribution in [0, 0.1) is 11.3 Å². The van der Waals surface area contributed by atoms with E-state index >= 15 is 0 Å². The molecule has 5 heterocycles. The van der Waals surface area contributed by atoms with Crippen molar-refractivity contribution in [3.8, 4) is 28.6 Å². The Kier molecular flexibility index (Phi) is 7.07. The number of rotatable bonds is 3. The number of hydrogen-bond acceptors (Lipinski definition) is 8. The molecule has 0 unspecified atom stereocenters. The predicted octanol–water partition coefficient (Wildman–Crippen LogP) is 2.62. The zero-order chi connectivity index (χ0) is 26.7. The monoisotopic (exact) mass is 513 g/mol. The number of nitrogens with zero attached hydrogens (tertiary/aromatic N) is 8. The molecule has 0 spiro atoms. The van der Waals surface area contributed by atoms with E-state index in [1.807, 2.05) is 31.6 Å². The van der Waals surface area contributed by atoms with E-state index < -0.39 is 12.1 Å². The van der Waals surface area contributed by atoms with Gasteiger partial charge in [0.1, 0.15) is 23.0 Å². The Labute approximate surface area is 208 Å². The quantitative estimate of drug-likeness (QED) is 0.421. The van der Waals surface area contributed by atoms with Crippen molar-refractivity contribution in [2.24, 2.45) is 12.8 Å². The number of nitriles is 1. The number of fused-ring (bicyclic) bond motifs is 1. The number of carboxylic acid groups (broad SMARTS) is 1. The smallest absolute Gasteiger partial charge is 0.475 e. The van der Waals surface area contributed by atoms with Crippen LogP contribution >= 0.6 is 0 Å². The number of aromatic nitrogens is 6. The topological polar surface area (TPSA) is 151 Å². The van der Waals surface area contributed by atoms with Gasteiger partial charge in [0.2, 0.25) is 0 Å². The minimum Gasteiger partial charge on any atom is -0.475 e. The van der Waals surface area contributed by atoms with Crippen molar-refractivity contribution in [2.75, 3.05) is 18.0 Å². The number of carboxylic acids is 1. The molecule has 1 aliphatic heterocycles. The van der Waals surface area contributed by atoms with E-state index in [2.05, 4.69) is 26.2 Å². The summed E-state index contributed by atoms with van der Waals surface area (Å²) in [6.45, 7) is 1.77. The number of pyridine rings is 1. The minimum atomic E-state index is -5.08. The number of nitrogens with two attached hydrogens (primary N) is 1. The molecule has 0 saturated carbocycles. The van der Waals surface area contributed by atoms with Crippen LogP contribution in [-0.4, -0.2) is 65.7 Å². The second-order valence-electron chi connectivity index (χ2n) is 8.40. The fourth-order valence-corrected chi connectivity index (χ4v) is 3.92. The van der Waals surface area contributed by atoms with E-state index in [4.69, 9.17) is 20.6 Å². The second-order valence-corrected chi connectivity index (χ2v) is 8.40. The first-order valence-electron chi connectivity index (χ1n) is 11.1. The normalized spacial score (nSPS) is 15.7. The molecule has 1 saturated heterocycles. The van der Waals surface area contributed by atoms with Crippen LogP contribution < -0.4 is 10.6 Å². The van der Waals surface area contributed by atoms with Gasteiger partial charge in [0.05, 0.1) is 30.0 Å². The summed E-state index contributed by atoms with van der Waals surface area (Å²) in [6, 6.07) is 6.37. The second kappa shape index (κ2) is 10.2. The number of hydrogen-bond donors (Lipinski definition) is 2. The van der Waals surface area contributed by atoms with Gasteiger partial charge < -0.3 is 15.7 Å². The molecule has 11 nitrogen and oxygen atoms in total. The Morgan fingerprint density at radius 3 is 2.51 bits per heavy atom. The summed E-state index contributed by atoms with van der Waals surface area (Å²) in [5, 5.41) is 25.3. The molecule has 0 radical (unpaired) electrons. The molecule has 1 aliphatic rings. The first-order chi connectivity index (χ1) is 17.6. The van der Waals surface area contributed by atoms with Crippen LogP contribution in [0.25, 0.3) is 28.0 Å². The molecule has 1 fully saturated rings. The van der Waals surface area contributed by atoms with Gasteiger partial charge in [0.25, 0.3) is 0 Å². The van der Waals surface area contributed by atoms with Crippen LogP contribution in [0.4, 0.5) is 19.0 Å². The van der Waals surface area contributed by atoms with Gasteiger partial charge >= 0.3 is 12.1 Å². The first-order valence-corrected chi connectivity index (χ1v) is 11.1. The van der Waals surface area contributed by atoms with E-state index in [0.717, 1.165) is 48.6 Å². The molecule has 5 rings (SSSR count). The molecule has 0 aromatic carbocycles. The summed E-state index contributed by atoms with van der Waals surface area (Å²) in [4.78, 5) is 20.6. The van der Waals surface area contributed by atoms with Crippen LogP contribution in [0.5, 0.6) is 0 Å². The van der Waals surface area contributed by atoms with Crippen LogP contribution in [0.15, 0.2) is 43.1 Å². The summed E-state index contributed by atoms with van der Waals surface area (Å²) in [5.74, 6) is -1.85. The van der Waals surface area contributed by atoms with Gasteiger partial charge in [-0.25, -0.2) is 19.3 Å². The predicted molar refractivity (Wildman–Crippen MR) is 126 cm³/mol. The molecular formula is C23H22F3N9O2. The third-order valence-electron chi connectivity index (χ3n) is 5.66. The highest BCUT2D eigenvalue weighted by molar-refractivity contribution is 5.83. The van der Waals surface area contributed by atoms with E-state index in [1.165, 1.54) is 0 Å². The standard InChI is InChI=1S/C21H21N9.C2HF3O2/c1-28-11-16(10-25-28)18-13-30-21(15(7-22)9-26-30)20(27-18)14-4-5-19(24-8-14)29-6-2-3-17(23)12-29;3-2(4,5)1(6)7/h4-5,8-11,13,17H,2-3,6,12,23H2,1H3;(H,6,7)/t17-;/m0./s1. The largest absolute Gasteiger partial charge is 0.490 e. The summed E-state index contributed by atoms with van der Waals surface area (Å²) < 4.78 is 35.2. The summed E-state index contributed by atoms with van der Waals surface area (Å²) in [7, 11) is 1.86. The van der Waals surface area contributed by atoms with Crippen molar-refractivity contribution in [3.63, 3.8) is 0 Å². The minimum absolute atomic E-state index is 0.183. The summed E-state index contributed by atoms with van der Waals surface area (Å²) >= 11 is 0. The van der Waals surface area contributed by atoms with E-state index in [1.54, 1.807) is 27.8 Å². The van der Waals surface area contributed by atoms with Gasteiger partial charge in [-0.1, -0.05) is 0 Å². The fraction of sp³-hybridized carbons (Fsp3) is 0.304. The number of aliphatic carboxylic acids is 1. The van der Waals surface area contributed by atoms with Crippen LogP contribution in [0.1, 0.15) is 18.4 Å². The molecule has 14 heteroatoms. The van der Waals surface area contributed by atoms with Crippen molar-refractivity contribution >= 4 is 17.3 Å². The molecule has 1 atom stereocenters. The third kappa shape index (κ3) is 5.67. The van der Waals surface area contributed by atoms with Crippen molar-refractivity contribution < 1.29 is 23.1 Å². The van der Waals surface area contributed by atoms with Crippen LogP contribution in [-0.2, 0) is 11.8 Å². The molecule has 37 heavy (non-hydrogen) atoms. The molecule has 3 N–H and O–H groups in total. The van der Waals surface area contributed by atoms with Crippen LogP contribution in [0.3, 0.4) is 0 Å². The van der Waals surface area contributed by atoms with Crippen molar-refractivity contribution in [1.82, 2.24) is 29.4 Å².